The summed E-state index contributed by atoms with van der Waals surface area (Å²) < 4.78 is 5.95. The van der Waals surface area contributed by atoms with E-state index in [1.165, 1.54) is 5.56 Å². The lowest BCUT2D eigenvalue weighted by atomic mass is 10.0. The molecule has 1 heterocycles. The Morgan fingerprint density at radius 2 is 2.00 bits per heavy atom. The quantitative estimate of drug-likeness (QED) is 0.906. The number of pyridine rings is 1. The molecular formula is C16H20N2O. The van der Waals surface area contributed by atoms with Gasteiger partial charge in [0.2, 0.25) is 0 Å². The molecular weight excluding hydrogens is 236 g/mol. The van der Waals surface area contributed by atoms with Crippen molar-refractivity contribution in [1.82, 2.24) is 4.98 Å². The minimum Gasteiger partial charge on any atom is -0.457 e. The Hall–Kier alpha value is -1.87. The van der Waals surface area contributed by atoms with Crippen molar-refractivity contribution in [3.63, 3.8) is 0 Å². The first kappa shape index (κ1) is 13.6. The molecule has 0 radical (unpaired) electrons. The second-order valence-electron chi connectivity index (χ2n) is 4.97. The van der Waals surface area contributed by atoms with Crippen molar-refractivity contribution in [2.45, 2.75) is 33.2 Å². The van der Waals surface area contributed by atoms with Gasteiger partial charge in [-0.15, -0.1) is 0 Å². The molecule has 2 aromatic rings. The maximum absolute atomic E-state index is 5.95. The minimum absolute atomic E-state index is 0.419. The summed E-state index contributed by atoms with van der Waals surface area (Å²) in [5, 5.41) is 0. The molecule has 0 saturated heterocycles. The van der Waals surface area contributed by atoms with Gasteiger partial charge in [0.1, 0.15) is 11.5 Å². The first-order chi connectivity index (χ1) is 9.10. The predicted molar refractivity (Wildman–Crippen MR) is 77.5 cm³/mol. The van der Waals surface area contributed by atoms with Crippen LogP contribution in [0, 0.1) is 6.92 Å². The molecule has 100 valence electrons. The first-order valence-corrected chi connectivity index (χ1v) is 6.53. The monoisotopic (exact) mass is 256 g/mol. The molecule has 1 aromatic heterocycles. The van der Waals surface area contributed by atoms with Crippen LogP contribution in [-0.4, -0.2) is 4.98 Å². The molecule has 0 aliphatic carbocycles. The minimum atomic E-state index is 0.419. The van der Waals surface area contributed by atoms with Crippen LogP contribution in [0.4, 0.5) is 0 Å². The second-order valence-corrected chi connectivity index (χ2v) is 4.97. The fraction of sp³-hybridized carbons (Fsp3) is 0.312. The smallest absolute Gasteiger partial charge is 0.130 e. The van der Waals surface area contributed by atoms with E-state index in [0.29, 0.717) is 12.5 Å². The maximum atomic E-state index is 5.95. The summed E-state index contributed by atoms with van der Waals surface area (Å²) in [4.78, 5) is 4.16. The Balaban J connectivity index is 2.29. The van der Waals surface area contributed by atoms with E-state index in [4.69, 9.17) is 10.5 Å². The van der Waals surface area contributed by atoms with Gasteiger partial charge in [-0.1, -0.05) is 26.0 Å². The number of aromatic nitrogens is 1. The normalized spacial score (nSPS) is 10.8. The van der Waals surface area contributed by atoms with E-state index in [2.05, 4.69) is 37.0 Å². The highest BCUT2D eigenvalue weighted by molar-refractivity contribution is 5.41. The van der Waals surface area contributed by atoms with E-state index in [1.807, 2.05) is 19.1 Å². The Bertz CT molecular complexity index is 564. The van der Waals surface area contributed by atoms with Gasteiger partial charge in [-0.3, -0.25) is 4.98 Å². The number of nitrogens with zero attached hydrogens (tertiary/aromatic N) is 1. The van der Waals surface area contributed by atoms with E-state index in [-0.39, 0.29) is 0 Å². The van der Waals surface area contributed by atoms with Crippen LogP contribution >= 0.6 is 0 Å². The Labute approximate surface area is 114 Å². The Morgan fingerprint density at radius 3 is 2.68 bits per heavy atom. The number of rotatable bonds is 4. The van der Waals surface area contributed by atoms with Crippen molar-refractivity contribution >= 4 is 0 Å². The number of ether oxygens (including phenoxy) is 1. The summed E-state index contributed by atoms with van der Waals surface area (Å²) in [7, 11) is 0. The lowest BCUT2D eigenvalue weighted by Gasteiger charge is -2.12. The van der Waals surface area contributed by atoms with Gasteiger partial charge < -0.3 is 10.5 Å². The third-order valence-corrected chi connectivity index (χ3v) is 3.10. The van der Waals surface area contributed by atoms with E-state index in [1.54, 1.807) is 6.20 Å². The van der Waals surface area contributed by atoms with Crippen LogP contribution in [0.3, 0.4) is 0 Å². The largest absolute Gasteiger partial charge is 0.457 e. The molecule has 0 saturated carbocycles. The molecule has 0 spiro atoms. The molecule has 19 heavy (non-hydrogen) atoms. The number of aryl methyl sites for hydroxylation is 1. The summed E-state index contributed by atoms with van der Waals surface area (Å²) in [6.45, 7) is 6.81. The standard InChI is InChI=1S/C16H20N2O/c1-11(2)13-5-4-12(3)16(8-13)19-15-6-7-18-14(9-15)10-17/h4-9,11H,10,17H2,1-3H3. The summed E-state index contributed by atoms with van der Waals surface area (Å²) in [5.41, 5.74) is 8.81. The van der Waals surface area contributed by atoms with E-state index < -0.39 is 0 Å². The van der Waals surface area contributed by atoms with Crippen molar-refractivity contribution in [2.75, 3.05) is 0 Å². The fourth-order valence-corrected chi connectivity index (χ4v) is 1.84. The number of nitrogens with two attached hydrogens (primary N) is 1. The van der Waals surface area contributed by atoms with Gasteiger partial charge in [0.05, 0.1) is 5.69 Å². The maximum Gasteiger partial charge on any atom is 0.130 e. The summed E-state index contributed by atoms with van der Waals surface area (Å²) in [5.74, 6) is 2.15. The van der Waals surface area contributed by atoms with Gasteiger partial charge in [-0.25, -0.2) is 0 Å². The molecule has 0 aliphatic heterocycles. The Morgan fingerprint density at radius 1 is 1.21 bits per heavy atom. The predicted octanol–water partition coefficient (Wildman–Crippen LogP) is 3.76. The van der Waals surface area contributed by atoms with Crippen LogP contribution < -0.4 is 10.5 Å². The molecule has 2 rings (SSSR count). The summed E-state index contributed by atoms with van der Waals surface area (Å²) in [6.07, 6.45) is 1.72. The van der Waals surface area contributed by atoms with Gasteiger partial charge in [-0.05, 0) is 36.1 Å². The van der Waals surface area contributed by atoms with Crippen molar-refractivity contribution in [3.05, 3.63) is 53.3 Å². The molecule has 3 heteroatoms. The van der Waals surface area contributed by atoms with Gasteiger partial charge in [0.15, 0.2) is 0 Å². The molecule has 0 aliphatic rings. The van der Waals surface area contributed by atoms with Crippen molar-refractivity contribution in [3.8, 4) is 11.5 Å². The highest BCUT2D eigenvalue weighted by atomic mass is 16.5. The van der Waals surface area contributed by atoms with Crippen LogP contribution in [0.5, 0.6) is 11.5 Å². The van der Waals surface area contributed by atoms with Crippen LogP contribution in [0.2, 0.25) is 0 Å². The first-order valence-electron chi connectivity index (χ1n) is 6.53. The van der Waals surface area contributed by atoms with Gasteiger partial charge in [0, 0.05) is 18.8 Å². The topological polar surface area (TPSA) is 48.1 Å². The van der Waals surface area contributed by atoms with Gasteiger partial charge >= 0.3 is 0 Å². The molecule has 0 fully saturated rings. The highest BCUT2D eigenvalue weighted by Crippen LogP contribution is 2.28. The van der Waals surface area contributed by atoms with Crippen molar-refractivity contribution < 1.29 is 4.74 Å². The van der Waals surface area contributed by atoms with Gasteiger partial charge in [-0.2, -0.15) is 0 Å². The van der Waals surface area contributed by atoms with E-state index in [0.717, 1.165) is 22.8 Å². The number of hydrogen-bond donors (Lipinski definition) is 1. The molecule has 0 unspecified atom stereocenters. The molecule has 0 amide bonds. The lowest BCUT2D eigenvalue weighted by Crippen LogP contribution is -1.99. The summed E-state index contributed by atoms with van der Waals surface area (Å²) >= 11 is 0. The zero-order chi connectivity index (χ0) is 13.8. The molecule has 1 aromatic carbocycles. The molecule has 2 N–H and O–H groups in total. The second kappa shape index (κ2) is 5.85. The van der Waals surface area contributed by atoms with E-state index >= 15 is 0 Å². The van der Waals surface area contributed by atoms with Crippen LogP contribution in [-0.2, 0) is 6.54 Å². The van der Waals surface area contributed by atoms with Crippen LogP contribution in [0.15, 0.2) is 36.5 Å². The molecule has 0 atom stereocenters. The zero-order valence-corrected chi connectivity index (χ0v) is 11.7. The molecule has 3 nitrogen and oxygen atoms in total. The van der Waals surface area contributed by atoms with E-state index in [9.17, 15) is 0 Å². The molecule has 0 bridgehead atoms. The Kier molecular flexibility index (Phi) is 4.17. The van der Waals surface area contributed by atoms with Crippen molar-refractivity contribution in [2.24, 2.45) is 5.73 Å². The number of hydrogen-bond acceptors (Lipinski definition) is 3. The SMILES string of the molecule is Cc1ccc(C(C)C)cc1Oc1ccnc(CN)c1. The fourth-order valence-electron chi connectivity index (χ4n) is 1.84. The van der Waals surface area contributed by atoms with Gasteiger partial charge in [0.25, 0.3) is 0 Å². The van der Waals surface area contributed by atoms with Crippen molar-refractivity contribution in [1.29, 1.82) is 0 Å². The average molecular weight is 256 g/mol. The average Bonchev–Trinajstić information content (AvgIpc) is 2.41. The third kappa shape index (κ3) is 3.32. The zero-order valence-electron chi connectivity index (χ0n) is 11.7. The van der Waals surface area contributed by atoms with Crippen LogP contribution in [0.25, 0.3) is 0 Å². The lowest BCUT2D eigenvalue weighted by molar-refractivity contribution is 0.476. The number of benzene rings is 1. The summed E-state index contributed by atoms with van der Waals surface area (Å²) in [6, 6.07) is 10.1. The van der Waals surface area contributed by atoms with Crippen LogP contribution in [0.1, 0.15) is 36.6 Å². The highest BCUT2D eigenvalue weighted by Gasteiger charge is 2.06. The third-order valence-electron chi connectivity index (χ3n) is 3.10.